The Bertz CT molecular complexity index is 1370. The highest BCUT2D eigenvalue weighted by Crippen LogP contribution is 2.48. The number of rotatable bonds is 4. The lowest BCUT2D eigenvalue weighted by molar-refractivity contribution is -0.137. The van der Waals surface area contributed by atoms with E-state index in [0.717, 1.165) is 40.2 Å². The molecule has 0 bridgehead atoms. The smallest absolute Gasteiger partial charge is 0.346 e. The van der Waals surface area contributed by atoms with E-state index in [1.165, 1.54) is 12.1 Å². The number of fused-ring (bicyclic) bond motifs is 3. The number of alkyl halides is 3. The van der Waals surface area contributed by atoms with Crippen LogP contribution in [0.2, 0.25) is 0 Å². The molecule has 4 nitrogen and oxygen atoms in total. The van der Waals surface area contributed by atoms with Gasteiger partial charge in [0.25, 0.3) is 5.91 Å². The fourth-order valence-corrected chi connectivity index (χ4v) is 4.51. The molecule has 176 valence electrons. The minimum Gasteiger partial charge on any atom is -0.346 e. The molecular weight excluding hydrogens is 451 g/mol. The van der Waals surface area contributed by atoms with E-state index in [1.807, 2.05) is 66.4 Å². The molecule has 1 atom stereocenters. The Labute approximate surface area is 201 Å². The molecule has 1 amide bonds. The molecule has 3 aromatic carbocycles. The van der Waals surface area contributed by atoms with Gasteiger partial charge in [-0.25, -0.2) is 0 Å². The van der Waals surface area contributed by atoms with Gasteiger partial charge in [-0.3, -0.25) is 9.78 Å². The van der Waals surface area contributed by atoms with Crippen LogP contribution in [0, 0.1) is 0 Å². The van der Waals surface area contributed by atoms with Crippen LogP contribution in [0.1, 0.15) is 40.1 Å². The molecule has 7 heteroatoms. The van der Waals surface area contributed by atoms with Crippen molar-refractivity contribution in [1.29, 1.82) is 0 Å². The van der Waals surface area contributed by atoms with Crippen molar-refractivity contribution >= 4 is 17.3 Å². The van der Waals surface area contributed by atoms with E-state index in [1.54, 1.807) is 12.3 Å². The Balaban J connectivity index is 1.52. The molecule has 0 fully saturated rings. The summed E-state index contributed by atoms with van der Waals surface area (Å²) >= 11 is 0. The highest BCUT2D eigenvalue weighted by molar-refractivity contribution is 5.98. The van der Waals surface area contributed by atoms with Gasteiger partial charge in [-0.15, -0.1) is 0 Å². The van der Waals surface area contributed by atoms with Crippen LogP contribution >= 0.6 is 0 Å². The van der Waals surface area contributed by atoms with Crippen molar-refractivity contribution in [2.24, 2.45) is 0 Å². The Morgan fingerprint density at radius 3 is 2.40 bits per heavy atom. The third kappa shape index (κ3) is 4.37. The van der Waals surface area contributed by atoms with Gasteiger partial charge >= 0.3 is 6.18 Å². The molecule has 5 rings (SSSR count). The first kappa shape index (κ1) is 22.7. The molecule has 1 aliphatic heterocycles. The fourth-order valence-electron chi connectivity index (χ4n) is 4.51. The molecule has 1 aliphatic rings. The number of halogens is 3. The predicted molar refractivity (Wildman–Crippen MR) is 129 cm³/mol. The lowest BCUT2D eigenvalue weighted by atomic mass is 9.87. The quantitative estimate of drug-likeness (QED) is 0.350. The zero-order valence-electron chi connectivity index (χ0n) is 18.9. The topological polar surface area (TPSA) is 45.2 Å². The van der Waals surface area contributed by atoms with Crippen LogP contribution in [0.3, 0.4) is 0 Å². The molecule has 2 heterocycles. The first-order valence-electron chi connectivity index (χ1n) is 11.2. The highest BCUT2D eigenvalue weighted by Gasteiger charge is 2.32. The van der Waals surface area contributed by atoms with E-state index in [4.69, 9.17) is 0 Å². The van der Waals surface area contributed by atoms with Crippen molar-refractivity contribution < 1.29 is 18.0 Å². The van der Waals surface area contributed by atoms with E-state index < -0.39 is 11.7 Å². The molecule has 0 radical (unpaired) electrons. The number of carbonyl (C=O) groups excluding carboxylic acids is 1. The van der Waals surface area contributed by atoms with E-state index in [9.17, 15) is 18.0 Å². The molecule has 0 spiro atoms. The Kier molecular flexibility index (Phi) is 5.76. The van der Waals surface area contributed by atoms with Gasteiger partial charge in [-0.1, -0.05) is 30.3 Å². The van der Waals surface area contributed by atoms with Crippen molar-refractivity contribution in [2.75, 3.05) is 4.90 Å². The number of nitrogens with one attached hydrogen (secondary N) is 1. The number of benzene rings is 3. The van der Waals surface area contributed by atoms with Gasteiger partial charge in [0.15, 0.2) is 0 Å². The van der Waals surface area contributed by atoms with Crippen LogP contribution in [0.4, 0.5) is 24.5 Å². The minimum absolute atomic E-state index is 0.112. The van der Waals surface area contributed by atoms with Gasteiger partial charge in [0.2, 0.25) is 0 Å². The standard InChI is InChI=1S/C28H22F3N3O/c1-18-23-7-2-3-8-24(23)25-16-19(27(35)33-17-21-6-4-5-15-32-21)9-14-26(25)34(18)22-12-10-20(11-13-22)28(29,30)31/h2-16,18H,17H2,1H3,(H,33,35). The van der Waals surface area contributed by atoms with Crippen LogP contribution in [-0.2, 0) is 12.7 Å². The summed E-state index contributed by atoms with van der Waals surface area (Å²) in [4.78, 5) is 19.1. The number of aromatic nitrogens is 1. The van der Waals surface area contributed by atoms with Gasteiger partial charge in [-0.2, -0.15) is 13.2 Å². The molecule has 35 heavy (non-hydrogen) atoms. The number of nitrogens with zero attached hydrogens (tertiary/aromatic N) is 2. The Hall–Kier alpha value is -4.13. The molecule has 0 saturated heterocycles. The monoisotopic (exact) mass is 473 g/mol. The zero-order chi connectivity index (χ0) is 24.6. The van der Waals surface area contributed by atoms with Crippen molar-refractivity contribution in [2.45, 2.75) is 25.7 Å². The van der Waals surface area contributed by atoms with Gasteiger partial charge in [0.05, 0.1) is 23.8 Å². The summed E-state index contributed by atoms with van der Waals surface area (Å²) in [5.74, 6) is -0.226. The molecule has 1 N–H and O–H groups in total. The van der Waals surface area contributed by atoms with E-state index >= 15 is 0 Å². The predicted octanol–water partition coefficient (Wildman–Crippen LogP) is 6.91. The summed E-state index contributed by atoms with van der Waals surface area (Å²) in [6.45, 7) is 2.33. The third-order valence-electron chi connectivity index (χ3n) is 6.24. The maximum atomic E-state index is 13.1. The van der Waals surface area contributed by atoms with Crippen LogP contribution < -0.4 is 10.2 Å². The van der Waals surface area contributed by atoms with Gasteiger partial charge < -0.3 is 10.2 Å². The Morgan fingerprint density at radius 1 is 0.943 bits per heavy atom. The molecule has 1 aromatic heterocycles. The van der Waals surface area contributed by atoms with Crippen molar-refractivity contribution in [3.8, 4) is 11.1 Å². The molecular formula is C28H22F3N3O. The molecule has 0 saturated carbocycles. The molecule has 0 aliphatic carbocycles. The summed E-state index contributed by atoms with van der Waals surface area (Å²) in [5, 5.41) is 2.90. The number of pyridine rings is 1. The number of hydrogen-bond acceptors (Lipinski definition) is 3. The first-order chi connectivity index (χ1) is 16.8. The highest BCUT2D eigenvalue weighted by atomic mass is 19.4. The normalized spacial score (nSPS) is 14.7. The van der Waals surface area contributed by atoms with Crippen molar-refractivity contribution in [3.63, 3.8) is 0 Å². The maximum Gasteiger partial charge on any atom is 0.416 e. The largest absolute Gasteiger partial charge is 0.416 e. The minimum atomic E-state index is -4.39. The summed E-state index contributed by atoms with van der Waals surface area (Å²) < 4.78 is 39.3. The second-order valence-electron chi connectivity index (χ2n) is 8.41. The van der Waals surface area contributed by atoms with E-state index in [-0.39, 0.29) is 11.9 Å². The average molecular weight is 473 g/mol. The third-order valence-corrected chi connectivity index (χ3v) is 6.24. The number of amides is 1. The van der Waals surface area contributed by atoms with Crippen LogP contribution in [0.5, 0.6) is 0 Å². The summed E-state index contributed by atoms with van der Waals surface area (Å²) in [5.41, 5.74) is 4.92. The SMILES string of the molecule is CC1c2ccccc2-c2cc(C(=O)NCc3ccccn3)ccc2N1c1ccc(C(F)(F)F)cc1. The van der Waals surface area contributed by atoms with E-state index in [2.05, 4.69) is 10.3 Å². The second-order valence-corrected chi connectivity index (χ2v) is 8.41. The van der Waals surface area contributed by atoms with Gasteiger partial charge in [-0.05, 0) is 72.6 Å². The van der Waals surface area contributed by atoms with Crippen LogP contribution in [0.25, 0.3) is 11.1 Å². The lowest BCUT2D eigenvalue weighted by Gasteiger charge is -2.39. The summed E-state index contributed by atoms with van der Waals surface area (Å²) in [7, 11) is 0. The lowest BCUT2D eigenvalue weighted by Crippen LogP contribution is -2.27. The van der Waals surface area contributed by atoms with Crippen molar-refractivity contribution in [3.05, 3.63) is 114 Å². The zero-order valence-corrected chi connectivity index (χ0v) is 18.9. The summed E-state index contributed by atoms with van der Waals surface area (Å²) in [6, 6.07) is 23.9. The maximum absolute atomic E-state index is 13.1. The van der Waals surface area contributed by atoms with Gasteiger partial charge in [0, 0.05) is 28.7 Å². The number of carbonyl (C=O) groups is 1. The van der Waals surface area contributed by atoms with Crippen LogP contribution in [-0.4, -0.2) is 10.9 Å². The molecule has 4 aromatic rings. The average Bonchev–Trinajstić information content (AvgIpc) is 2.88. The second kappa shape index (κ2) is 8.91. The van der Waals surface area contributed by atoms with Crippen LogP contribution in [0.15, 0.2) is 91.1 Å². The van der Waals surface area contributed by atoms with Crippen molar-refractivity contribution in [1.82, 2.24) is 10.3 Å². The van der Waals surface area contributed by atoms with Gasteiger partial charge in [0.1, 0.15) is 0 Å². The number of anilines is 2. The molecule has 1 unspecified atom stereocenters. The number of hydrogen-bond donors (Lipinski definition) is 1. The Morgan fingerprint density at radius 2 is 1.69 bits per heavy atom. The van der Waals surface area contributed by atoms with E-state index in [0.29, 0.717) is 17.8 Å². The first-order valence-corrected chi connectivity index (χ1v) is 11.2. The fraction of sp³-hybridized carbons (Fsp3) is 0.143. The summed E-state index contributed by atoms with van der Waals surface area (Å²) in [6.07, 6.45) is -2.72.